The number of rotatable bonds is 2. The summed E-state index contributed by atoms with van der Waals surface area (Å²) in [5.74, 6) is 0.189. The van der Waals surface area contributed by atoms with Gasteiger partial charge < -0.3 is 11.1 Å². The van der Waals surface area contributed by atoms with Gasteiger partial charge in [0.05, 0.1) is 11.6 Å². The number of nitrogens with two attached hydrogens (primary N) is 1. The van der Waals surface area contributed by atoms with Gasteiger partial charge in [-0.3, -0.25) is 4.79 Å². The third-order valence-electron chi connectivity index (χ3n) is 4.66. The molecule has 0 spiro atoms. The van der Waals surface area contributed by atoms with Crippen molar-refractivity contribution in [3.05, 3.63) is 29.6 Å². The highest BCUT2D eigenvalue weighted by atomic mass is 35.5. The third-order valence-corrected chi connectivity index (χ3v) is 4.66. The Morgan fingerprint density at radius 1 is 1.35 bits per heavy atom. The molecule has 0 aromatic heterocycles. The van der Waals surface area contributed by atoms with Gasteiger partial charge in [0.2, 0.25) is 5.91 Å². The number of carbonyl (C=O) groups excluding carboxylic acids is 1. The highest BCUT2D eigenvalue weighted by Crippen LogP contribution is 2.47. The second-order valence-corrected chi connectivity index (χ2v) is 5.91. The number of anilines is 1. The predicted octanol–water partition coefficient (Wildman–Crippen LogP) is 2.87. The Bertz CT molecular complexity index is 521. The molecule has 0 radical (unpaired) electrons. The molecule has 2 aliphatic rings. The quantitative estimate of drug-likeness (QED) is 0.882. The lowest BCUT2D eigenvalue weighted by molar-refractivity contribution is -0.121. The summed E-state index contributed by atoms with van der Waals surface area (Å²) in [6.07, 6.45) is 3.26. The van der Waals surface area contributed by atoms with Crippen molar-refractivity contribution in [3.63, 3.8) is 0 Å². The molecule has 0 aliphatic heterocycles. The summed E-state index contributed by atoms with van der Waals surface area (Å²) in [6.45, 7) is 1.87. The number of amides is 1. The fourth-order valence-corrected chi connectivity index (χ4v) is 3.68. The van der Waals surface area contributed by atoms with Crippen molar-refractivity contribution in [2.24, 2.45) is 23.5 Å². The van der Waals surface area contributed by atoms with Crippen molar-refractivity contribution >= 4 is 24.0 Å². The van der Waals surface area contributed by atoms with Crippen molar-refractivity contribution in [1.82, 2.24) is 0 Å². The molecule has 4 unspecified atom stereocenters. The van der Waals surface area contributed by atoms with Gasteiger partial charge in [-0.05, 0) is 55.7 Å². The Morgan fingerprint density at radius 3 is 2.70 bits per heavy atom. The molecule has 4 atom stereocenters. The van der Waals surface area contributed by atoms with Gasteiger partial charge in [0, 0.05) is 6.04 Å². The normalized spacial score (nSPS) is 30.9. The Hall–Kier alpha value is -1.13. The summed E-state index contributed by atoms with van der Waals surface area (Å²) < 4.78 is 13.7. The van der Waals surface area contributed by atoms with E-state index in [2.05, 4.69) is 5.32 Å². The van der Waals surface area contributed by atoms with Gasteiger partial charge in [-0.2, -0.15) is 0 Å². The van der Waals surface area contributed by atoms with E-state index < -0.39 is 5.82 Å². The minimum atomic E-state index is -0.393. The molecule has 2 aliphatic carbocycles. The van der Waals surface area contributed by atoms with Crippen LogP contribution in [0.1, 0.15) is 24.8 Å². The molecule has 1 aromatic rings. The lowest BCUT2D eigenvalue weighted by atomic mass is 9.84. The number of nitrogens with one attached hydrogen (secondary N) is 1. The van der Waals surface area contributed by atoms with Gasteiger partial charge in [0.1, 0.15) is 5.82 Å². The van der Waals surface area contributed by atoms with E-state index in [4.69, 9.17) is 5.73 Å². The van der Waals surface area contributed by atoms with Crippen LogP contribution in [0, 0.1) is 30.5 Å². The average Bonchev–Trinajstić information content (AvgIpc) is 2.94. The first-order chi connectivity index (χ1) is 9.06. The molecule has 3 N–H and O–H groups in total. The second-order valence-electron chi connectivity index (χ2n) is 5.91. The average molecular weight is 299 g/mol. The van der Waals surface area contributed by atoms with Gasteiger partial charge in [0.15, 0.2) is 0 Å². The second kappa shape index (κ2) is 5.70. The van der Waals surface area contributed by atoms with Gasteiger partial charge >= 0.3 is 0 Å². The summed E-state index contributed by atoms with van der Waals surface area (Å²) >= 11 is 0. The number of aryl methyl sites for hydroxylation is 1. The van der Waals surface area contributed by atoms with E-state index in [1.54, 1.807) is 12.1 Å². The molecule has 1 aromatic carbocycles. The molecule has 0 saturated heterocycles. The van der Waals surface area contributed by atoms with Crippen molar-refractivity contribution in [2.45, 2.75) is 32.2 Å². The summed E-state index contributed by atoms with van der Waals surface area (Å²) in [7, 11) is 0. The van der Waals surface area contributed by atoms with Crippen molar-refractivity contribution in [3.8, 4) is 0 Å². The molecule has 0 heterocycles. The van der Waals surface area contributed by atoms with Gasteiger partial charge in [-0.25, -0.2) is 4.39 Å². The Labute approximate surface area is 124 Å². The number of carbonyl (C=O) groups is 1. The molecule has 2 saturated carbocycles. The minimum absolute atomic E-state index is 0. The highest BCUT2D eigenvalue weighted by molar-refractivity contribution is 5.93. The van der Waals surface area contributed by atoms with Crippen LogP contribution < -0.4 is 11.1 Å². The van der Waals surface area contributed by atoms with E-state index in [0.717, 1.165) is 24.8 Å². The van der Waals surface area contributed by atoms with Crippen LogP contribution in [0.4, 0.5) is 10.1 Å². The van der Waals surface area contributed by atoms with E-state index >= 15 is 0 Å². The standard InChI is InChI=1S/C15H19FN2O.ClH/c1-8-2-5-11(16)12(6-8)18-15(19)13-9-3-4-10(7-9)14(13)17;/h2,5-6,9-10,13-14H,3-4,7,17H2,1H3,(H,18,19);1H. The third kappa shape index (κ3) is 2.54. The molecule has 3 nitrogen and oxygen atoms in total. The minimum Gasteiger partial charge on any atom is -0.327 e. The SMILES string of the molecule is Cc1ccc(F)c(NC(=O)C2C3CCC(C3)C2N)c1.Cl. The van der Waals surface area contributed by atoms with Gasteiger partial charge in [-0.1, -0.05) is 6.07 Å². The van der Waals surface area contributed by atoms with E-state index in [9.17, 15) is 9.18 Å². The fourth-order valence-electron chi connectivity index (χ4n) is 3.68. The van der Waals surface area contributed by atoms with Crippen LogP contribution in [0.2, 0.25) is 0 Å². The van der Waals surface area contributed by atoms with E-state index in [-0.39, 0.29) is 36.0 Å². The summed E-state index contributed by atoms with van der Waals surface area (Å²) in [5, 5.41) is 2.71. The predicted molar refractivity (Wildman–Crippen MR) is 79.3 cm³/mol. The molecule has 2 fully saturated rings. The van der Waals surface area contributed by atoms with E-state index in [0.29, 0.717) is 11.8 Å². The number of halogens is 2. The summed E-state index contributed by atoms with van der Waals surface area (Å²) in [4.78, 5) is 12.3. The lowest BCUT2D eigenvalue weighted by Crippen LogP contribution is -2.42. The molecule has 110 valence electrons. The highest BCUT2D eigenvalue weighted by Gasteiger charge is 2.49. The molecule has 5 heteroatoms. The van der Waals surface area contributed by atoms with Crippen molar-refractivity contribution in [2.75, 3.05) is 5.32 Å². The number of hydrogen-bond acceptors (Lipinski definition) is 2. The lowest BCUT2D eigenvalue weighted by Gasteiger charge is -2.27. The molecular weight excluding hydrogens is 279 g/mol. The smallest absolute Gasteiger partial charge is 0.229 e. The van der Waals surface area contributed by atoms with E-state index in [1.165, 1.54) is 6.07 Å². The fraction of sp³-hybridized carbons (Fsp3) is 0.533. The van der Waals surface area contributed by atoms with Crippen LogP contribution in [-0.4, -0.2) is 11.9 Å². The van der Waals surface area contributed by atoms with Crippen molar-refractivity contribution in [1.29, 1.82) is 0 Å². The Balaban J connectivity index is 0.00000147. The Morgan fingerprint density at radius 2 is 2.05 bits per heavy atom. The Kier molecular flexibility index (Phi) is 4.35. The monoisotopic (exact) mass is 298 g/mol. The molecular formula is C15H20ClFN2O. The van der Waals surface area contributed by atoms with Crippen LogP contribution in [0.25, 0.3) is 0 Å². The number of fused-ring (bicyclic) bond motifs is 2. The van der Waals surface area contributed by atoms with Gasteiger partial charge in [-0.15, -0.1) is 12.4 Å². The maximum atomic E-state index is 13.7. The zero-order chi connectivity index (χ0) is 13.6. The van der Waals surface area contributed by atoms with Gasteiger partial charge in [0.25, 0.3) is 0 Å². The summed E-state index contributed by atoms with van der Waals surface area (Å²) in [5.41, 5.74) is 7.32. The maximum Gasteiger partial charge on any atom is 0.229 e. The van der Waals surface area contributed by atoms with E-state index in [1.807, 2.05) is 6.92 Å². The van der Waals surface area contributed by atoms with Crippen LogP contribution in [-0.2, 0) is 4.79 Å². The molecule has 2 bridgehead atoms. The zero-order valence-electron chi connectivity index (χ0n) is 11.4. The first-order valence-corrected chi connectivity index (χ1v) is 6.89. The number of hydrogen-bond donors (Lipinski definition) is 2. The summed E-state index contributed by atoms with van der Waals surface area (Å²) in [6, 6.07) is 4.66. The molecule has 20 heavy (non-hydrogen) atoms. The van der Waals surface area contributed by atoms with Crippen LogP contribution in [0.3, 0.4) is 0 Å². The maximum absolute atomic E-state index is 13.7. The van der Waals surface area contributed by atoms with Crippen LogP contribution in [0.5, 0.6) is 0 Å². The van der Waals surface area contributed by atoms with Crippen LogP contribution in [0.15, 0.2) is 18.2 Å². The number of benzene rings is 1. The topological polar surface area (TPSA) is 55.1 Å². The first kappa shape index (κ1) is 15.3. The molecule has 1 amide bonds. The largest absolute Gasteiger partial charge is 0.327 e. The van der Waals surface area contributed by atoms with Crippen LogP contribution >= 0.6 is 12.4 Å². The molecule has 3 rings (SSSR count). The zero-order valence-corrected chi connectivity index (χ0v) is 12.3. The first-order valence-electron chi connectivity index (χ1n) is 6.89. The van der Waals surface area contributed by atoms with Crippen molar-refractivity contribution < 1.29 is 9.18 Å².